The quantitative estimate of drug-likeness (QED) is 0.0370. The number of para-hydroxylation sites is 1. The van der Waals surface area contributed by atoms with Gasteiger partial charge in [0.25, 0.3) is 5.91 Å². The molecule has 1 atom stereocenters. The summed E-state index contributed by atoms with van der Waals surface area (Å²) in [6, 6.07) is 28.7. The summed E-state index contributed by atoms with van der Waals surface area (Å²) in [6.45, 7) is 10.6. The van der Waals surface area contributed by atoms with E-state index in [0.717, 1.165) is 88.3 Å². The summed E-state index contributed by atoms with van der Waals surface area (Å²) < 4.78 is 12.6. The molecule has 8 aromatic rings. The molecule has 75 heavy (non-hydrogen) atoms. The molecule has 1 unspecified atom stereocenters. The maximum Gasteiger partial charge on any atom is 0.251 e. The van der Waals surface area contributed by atoms with Crippen molar-refractivity contribution in [3.8, 4) is 23.0 Å². The largest absolute Gasteiger partial charge is 0.453 e. The average Bonchev–Trinajstić information content (AvgIpc) is 4.05. The van der Waals surface area contributed by atoms with Gasteiger partial charge in [0.15, 0.2) is 38.6 Å². The van der Waals surface area contributed by atoms with Gasteiger partial charge in [-0.25, -0.2) is 29.9 Å². The summed E-state index contributed by atoms with van der Waals surface area (Å²) in [4.78, 5) is 50.7. The first kappa shape index (κ1) is 54.7. The van der Waals surface area contributed by atoms with E-state index in [0.29, 0.717) is 58.0 Å². The first-order valence-electron chi connectivity index (χ1n) is 24.7. The summed E-state index contributed by atoms with van der Waals surface area (Å²) >= 11 is 6.24. The number of nitrogens with zero attached hydrogens (tertiary/aromatic N) is 9. The third-order valence-corrected chi connectivity index (χ3v) is 15.4. The number of amides is 1. The zero-order valence-electron chi connectivity index (χ0n) is 42.6. The highest BCUT2D eigenvalue weighted by molar-refractivity contribution is 7.99. The van der Waals surface area contributed by atoms with Crippen molar-refractivity contribution >= 4 is 74.0 Å². The van der Waals surface area contributed by atoms with Crippen LogP contribution in [0.4, 0.5) is 21.9 Å². The van der Waals surface area contributed by atoms with Crippen molar-refractivity contribution < 1.29 is 19.4 Å². The molecule has 6 aromatic heterocycles. The second-order valence-corrected chi connectivity index (χ2v) is 22.2. The van der Waals surface area contributed by atoms with E-state index in [1.165, 1.54) is 23.1 Å². The number of aryl methyl sites for hydroxylation is 1. The van der Waals surface area contributed by atoms with Crippen LogP contribution in [0, 0.1) is 18.8 Å². The van der Waals surface area contributed by atoms with E-state index in [1.807, 2.05) is 92.2 Å². The summed E-state index contributed by atoms with van der Waals surface area (Å²) in [5.74, 6) is 4.42. The van der Waals surface area contributed by atoms with Gasteiger partial charge in [0.1, 0.15) is 11.5 Å². The molecular formula is C55H62N12O4S4. The number of likely N-dealkylation sites (N-methyl/N-ethyl adjacent to an activating group) is 1. The number of pyridine rings is 3. The monoisotopic (exact) mass is 1080 g/mol. The van der Waals surface area contributed by atoms with Crippen molar-refractivity contribution in [2.75, 3.05) is 64.1 Å². The van der Waals surface area contributed by atoms with Crippen LogP contribution >= 0.6 is 46.2 Å². The molecule has 7 heterocycles. The van der Waals surface area contributed by atoms with E-state index in [2.05, 4.69) is 78.2 Å². The highest BCUT2D eigenvalue weighted by Crippen LogP contribution is 2.46. The van der Waals surface area contributed by atoms with Crippen LogP contribution in [0.3, 0.4) is 0 Å². The molecule has 20 heteroatoms. The number of aliphatic hydroxyl groups is 1. The number of benzene rings is 2. The van der Waals surface area contributed by atoms with Crippen LogP contribution < -0.4 is 25.4 Å². The van der Waals surface area contributed by atoms with Gasteiger partial charge in [0.2, 0.25) is 0 Å². The highest BCUT2D eigenvalue weighted by Gasteiger charge is 2.30. The standard InChI is InChI=1S/C28H31N5O2S2.C27H31N7O2S2/c1-20-19-36-28(31-20)32-27-25(35-22-7-3-2-4-8-22)17-23(18-30-27)37-26(24-9-5-6-12-29-24)21-10-13-33(14-11-21)15-16-34;1-18(2)13-20-17-37-27(32-20)33-24-23(15-22(16-31-24)38-26-29-9-6-10-30-26)36-21-8-5-7-19(14-21)25(35)28-11-12-34(3)4/h2-9,12,17-19,21,26,34H,10-11,13-16H2,1H3,(H,30,31,32);5-10,14-18H,11-13H2,1-4H3,(H,28,35)(H,31,32,33). The van der Waals surface area contributed by atoms with Crippen LogP contribution in [0.15, 0.2) is 148 Å². The van der Waals surface area contributed by atoms with Crippen LogP contribution in [-0.2, 0) is 6.42 Å². The Kier molecular flexibility index (Phi) is 20.3. The molecule has 1 aliphatic heterocycles. The Morgan fingerprint density at radius 1 is 0.787 bits per heavy atom. The van der Waals surface area contributed by atoms with E-state index in [-0.39, 0.29) is 17.8 Å². The zero-order chi connectivity index (χ0) is 52.4. The van der Waals surface area contributed by atoms with Crippen LogP contribution in [0.2, 0.25) is 0 Å². The van der Waals surface area contributed by atoms with Crippen molar-refractivity contribution in [2.45, 2.75) is 60.2 Å². The zero-order valence-corrected chi connectivity index (χ0v) is 45.9. The third-order valence-electron chi connectivity index (χ3n) is 11.5. The lowest BCUT2D eigenvalue weighted by atomic mass is 9.91. The summed E-state index contributed by atoms with van der Waals surface area (Å²) in [6.07, 6.45) is 12.0. The van der Waals surface area contributed by atoms with Gasteiger partial charge < -0.3 is 40.3 Å². The lowest BCUT2D eigenvalue weighted by Crippen LogP contribution is -2.37. The maximum atomic E-state index is 12.6. The Morgan fingerprint density at radius 2 is 1.45 bits per heavy atom. The molecular weight excluding hydrogens is 1020 g/mol. The van der Waals surface area contributed by atoms with E-state index in [4.69, 9.17) is 24.4 Å². The van der Waals surface area contributed by atoms with Crippen molar-refractivity contribution in [1.82, 2.24) is 50.0 Å². The molecule has 0 radical (unpaired) electrons. The van der Waals surface area contributed by atoms with Gasteiger partial charge in [0, 0.05) is 82.8 Å². The van der Waals surface area contributed by atoms with Crippen LogP contribution in [0.25, 0.3) is 0 Å². The second kappa shape index (κ2) is 27.9. The van der Waals surface area contributed by atoms with Gasteiger partial charge in [0.05, 0.1) is 28.9 Å². The van der Waals surface area contributed by atoms with Crippen LogP contribution in [0.1, 0.15) is 59.4 Å². The number of ether oxygens (including phenoxy) is 2. The molecule has 0 saturated carbocycles. The highest BCUT2D eigenvalue weighted by atomic mass is 32.2. The van der Waals surface area contributed by atoms with Gasteiger partial charge in [-0.1, -0.05) is 44.2 Å². The number of rotatable bonds is 22. The van der Waals surface area contributed by atoms with Crippen molar-refractivity contribution in [1.29, 1.82) is 0 Å². The topological polar surface area (TPSA) is 189 Å². The predicted octanol–water partition coefficient (Wildman–Crippen LogP) is 11.8. The van der Waals surface area contributed by atoms with Gasteiger partial charge >= 0.3 is 0 Å². The fourth-order valence-corrected chi connectivity index (χ4v) is 11.3. The minimum Gasteiger partial charge on any atom is -0.453 e. The van der Waals surface area contributed by atoms with Crippen LogP contribution in [0.5, 0.6) is 23.0 Å². The number of thioether (sulfide) groups is 1. The average molecular weight is 1080 g/mol. The molecule has 0 spiro atoms. The van der Waals surface area contributed by atoms with Gasteiger partial charge in [-0.2, -0.15) is 0 Å². The van der Waals surface area contributed by atoms with Crippen molar-refractivity contribution in [2.24, 2.45) is 11.8 Å². The van der Waals surface area contributed by atoms with Crippen molar-refractivity contribution in [3.63, 3.8) is 0 Å². The molecule has 4 N–H and O–H groups in total. The van der Waals surface area contributed by atoms with Gasteiger partial charge in [-0.3, -0.25) is 9.78 Å². The second-order valence-electron chi connectivity index (χ2n) is 18.3. The lowest BCUT2D eigenvalue weighted by molar-refractivity contribution is 0.0950. The maximum absolute atomic E-state index is 12.6. The number of thiazole rings is 2. The number of aromatic nitrogens is 7. The minimum atomic E-state index is -0.153. The molecule has 1 amide bonds. The molecule has 16 nitrogen and oxygen atoms in total. The van der Waals surface area contributed by atoms with E-state index in [1.54, 1.807) is 66.0 Å². The number of nitrogens with one attached hydrogen (secondary N) is 3. The molecule has 0 bridgehead atoms. The Morgan fingerprint density at radius 3 is 2.13 bits per heavy atom. The molecule has 2 aromatic carbocycles. The molecule has 1 fully saturated rings. The number of hydrogen-bond acceptors (Lipinski definition) is 19. The van der Waals surface area contributed by atoms with E-state index in [9.17, 15) is 9.90 Å². The molecule has 1 aliphatic rings. The molecule has 9 rings (SSSR count). The van der Waals surface area contributed by atoms with Crippen molar-refractivity contribution in [3.05, 3.63) is 155 Å². The number of β-amino-alcohol motifs (C(OH)–C–C–N with tert-alkyl or cyclic N) is 1. The Balaban J connectivity index is 0.000000199. The number of aliphatic hydroxyl groups excluding tert-OH is 1. The predicted molar refractivity (Wildman–Crippen MR) is 302 cm³/mol. The number of likely N-dealkylation sites (tertiary alicyclic amines) is 1. The smallest absolute Gasteiger partial charge is 0.251 e. The van der Waals surface area contributed by atoms with Gasteiger partial charge in [-0.05, 0) is 132 Å². The Labute approximate surface area is 455 Å². The molecule has 0 aliphatic carbocycles. The normalized spacial score (nSPS) is 13.2. The van der Waals surface area contributed by atoms with E-state index < -0.39 is 0 Å². The molecule has 390 valence electrons. The first-order chi connectivity index (χ1) is 36.5. The number of piperidine rings is 1. The fourth-order valence-electron chi connectivity index (χ4n) is 7.90. The third kappa shape index (κ3) is 17.0. The number of carbonyl (C=O) groups is 1. The van der Waals surface area contributed by atoms with Crippen LogP contribution in [-0.4, -0.2) is 109 Å². The lowest BCUT2D eigenvalue weighted by Gasteiger charge is -2.35. The first-order valence-corrected chi connectivity index (χ1v) is 28.2. The Bertz CT molecular complexity index is 3020. The summed E-state index contributed by atoms with van der Waals surface area (Å²) in [7, 11) is 3.93. The van der Waals surface area contributed by atoms with E-state index >= 15 is 0 Å². The summed E-state index contributed by atoms with van der Waals surface area (Å²) in [5.41, 5.74) is 3.61. The number of carbonyl (C=O) groups excluding carboxylic acids is 1. The number of anilines is 4. The SMILES string of the molecule is CC(C)Cc1csc(Nc2ncc(Sc3ncccn3)cc2Oc2cccc(C(=O)NCCN(C)C)c2)n1.Cc1csc(Nc2ncc(SC(c3ccccn3)C3CCN(CCO)CC3)cc2Oc2ccccc2)n1. The fraction of sp³-hybridized carbons (Fsp3) is 0.309. The number of hydrogen-bond donors (Lipinski definition) is 4. The summed E-state index contributed by atoms with van der Waals surface area (Å²) in [5, 5.41) is 25.3. The Hall–Kier alpha value is -6.52. The minimum absolute atomic E-state index is 0.153. The van der Waals surface area contributed by atoms with Gasteiger partial charge in [-0.15, -0.1) is 34.4 Å². The molecule has 1 saturated heterocycles.